The third kappa shape index (κ3) is 3.14. The minimum absolute atomic E-state index is 0.284. The van der Waals surface area contributed by atoms with Gasteiger partial charge in [-0.25, -0.2) is 9.80 Å². The first-order chi connectivity index (χ1) is 8.58. The smallest absolute Gasteiger partial charge is 0.314 e. The van der Waals surface area contributed by atoms with Gasteiger partial charge in [0.1, 0.15) is 0 Å². The highest BCUT2D eigenvalue weighted by atomic mass is 16.2. The predicted octanol–water partition coefficient (Wildman–Crippen LogP) is 1.30. The number of urea groups is 1. The summed E-state index contributed by atoms with van der Waals surface area (Å²) >= 11 is 0. The molecule has 2 amide bonds. The number of primary amides is 1. The topological polar surface area (TPSA) is 61.6 Å². The number of rotatable bonds is 2. The second-order valence-corrected chi connectivity index (χ2v) is 5.76. The number of nitrogens with one attached hydrogen (secondary N) is 1. The first-order valence-corrected chi connectivity index (χ1v) is 7.17. The first-order valence-electron chi connectivity index (χ1n) is 7.17. The number of hydrogen-bond donors (Lipinski definition) is 2. The third-order valence-electron chi connectivity index (χ3n) is 4.33. The minimum Gasteiger partial charge on any atom is -0.351 e. The van der Waals surface area contributed by atoms with E-state index >= 15 is 0 Å². The number of likely N-dealkylation sites (tertiary alicyclic amines) is 1. The van der Waals surface area contributed by atoms with Gasteiger partial charge >= 0.3 is 6.03 Å². The molecule has 18 heavy (non-hydrogen) atoms. The number of nitrogens with zero attached hydrogens (tertiary/aromatic N) is 2. The molecule has 104 valence electrons. The quantitative estimate of drug-likeness (QED) is 0.781. The van der Waals surface area contributed by atoms with Crippen LogP contribution in [-0.4, -0.2) is 47.2 Å². The van der Waals surface area contributed by atoms with Crippen molar-refractivity contribution in [2.45, 2.75) is 64.1 Å². The Bertz CT molecular complexity index is 279. The van der Waals surface area contributed by atoms with Crippen LogP contribution in [0.2, 0.25) is 0 Å². The summed E-state index contributed by atoms with van der Waals surface area (Å²) in [5, 5.41) is 2.42. The average molecular weight is 254 g/mol. The number of carbonyl (C=O) groups excluding carboxylic acids is 1. The molecule has 0 radical (unpaired) electrons. The van der Waals surface area contributed by atoms with Gasteiger partial charge in [0.05, 0.1) is 0 Å². The van der Waals surface area contributed by atoms with Gasteiger partial charge in [-0.3, -0.25) is 5.43 Å². The summed E-state index contributed by atoms with van der Waals surface area (Å²) < 4.78 is 0. The maximum atomic E-state index is 11.1. The van der Waals surface area contributed by atoms with Crippen LogP contribution in [-0.2, 0) is 0 Å². The van der Waals surface area contributed by atoms with E-state index in [1.807, 2.05) is 0 Å². The summed E-state index contributed by atoms with van der Waals surface area (Å²) in [4.78, 5) is 12.8. The molecule has 0 saturated carbocycles. The van der Waals surface area contributed by atoms with Gasteiger partial charge in [0.25, 0.3) is 0 Å². The highest BCUT2D eigenvalue weighted by molar-refractivity contribution is 5.72. The molecule has 2 heterocycles. The van der Waals surface area contributed by atoms with Crippen molar-refractivity contribution in [3.8, 4) is 0 Å². The summed E-state index contributed by atoms with van der Waals surface area (Å²) in [6, 6.07) is 1.43. The van der Waals surface area contributed by atoms with Gasteiger partial charge in [-0.05, 0) is 39.5 Å². The molecule has 0 bridgehead atoms. The largest absolute Gasteiger partial charge is 0.351 e. The van der Waals surface area contributed by atoms with Crippen molar-refractivity contribution >= 4 is 6.03 Å². The van der Waals surface area contributed by atoms with Crippen molar-refractivity contribution in [3.05, 3.63) is 0 Å². The van der Waals surface area contributed by atoms with Crippen LogP contribution in [0.5, 0.6) is 0 Å². The Morgan fingerprint density at radius 1 is 1.11 bits per heavy atom. The Kier molecular flexibility index (Phi) is 4.45. The van der Waals surface area contributed by atoms with Gasteiger partial charge in [0.15, 0.2) is 0 Å². The van der Waals surface area contributed by atoms with E-state index < -0.39 is 0 Å². The van der Waals surface area contributed by atoms with Crippen molar-refractivity contribution in [2.24, 2.45) is 5.73 Å². The van der Waals surface area contributed by atoms with Crippen LogP contribution in [0.15, 0.2) is 0 Å². The van der Waals surface area contributed by atoms with Crippen molar-refractivity contribution < 1.29 is 4.79 Å². The van der Waals surface area contributed by atoms with Gasteiger partial charge in [-0.1, -0.05) is 6.42 Å². The first kappa shape index (κ1) is 13.6. The minimum atomic E-state index is -0.284. The molecule has 2 atom stereocenters. The zero-order valence-electron chi connectivity index (χ0n) is 11.6. The molecule has 2 aliphatic heterocycles. The van der Waals surface area contributed by atoms with E-state index in [0.717, 1.165) is 25.9 Å². The molecule has 2 aliphatic rings. The monoisotopic (exact) mass is 254 g/mol. The zero-order valence-corrected chi connectivity index (χ0v) is 11.6. The van der Waals surface area contributed by atoms with Gasteiger partial charge in [-0.15, -0.1) is 0 Å². The molecule has 2 rings (SSSR count). The van der Waals surface area contributed by atoms with E-state index in [9.17, 15) is 4.79 Å². The highest BCUT2D eigenvalue weighted by Gasteiger charge is 2.28. The summed E-state index contributed by atoms with van der Waals surface area (Å²) in [7, 11) is 0. The number of nitrogens with two attached hydrogens (primary N) is 1. The third-order valence-corrected chi connectivity index (χ3v) is 4.33. The van der Waals surface area contributed by atoms with Gasteiger partial charge in [0.2, 0.25) is 0 Å². The number of hydrogen-bond acceptors (Lipinski definition) is 3. The fourth-order valence-corrected chi connectivity index (χ4v) is 3.12. The molecule has 0 aromatic carbocycles. The molecule has 5 heteroatoms. The van der Waals surface area contributed by atoms with Crippen molar-refractivity contribution in [3.63, 3.8) is 0 Å². The number of amides is 2. The summed E-state index contributed by atoms with van der Waals surface area (Å²) in [6.07, 6.45) is 5.88. The highest BCUT2D eigenvalue weighted by Crippen LogP contribution is 2.22. The van der Waals surface area contributed by atoms with Crippen LogP contribution < -0.4 is 11.2 Å². The lowest BCUT2D eigenvalue weighted by atomic mass is 9.99. The van der Waals surface area contributed by atoms with Crippen LogP contribution in [0.3, 0.4) is 0 Å². The normalized spacial score (nSPS) is 31.6. The Balaban J connectivity index is 1.81. The summed E-state index contributed by atoms with van der Waals surface area (Å²) in [5.74, 6) is 0. The molecule has 0 aliphatic carbocycles. The molecule has 0 aromatic heterocycles. The molecule has 2 saturated heterocycles. The Labute approximate surface area is 110 Å². The van der Waals surface area contributed by atoms with Crippen LogP contribution in [0, 0.1) is 0 Å². The summed E-state index contributed by atoms with van der Waals surface area (Å²) in [6.45, 7) is 6.15. The Morgan fingerprint density at radius 3 is 2.17 bits per heavy atom. The molecule has 2 unspecified atom stereocenters. The van der Waals surface area contributed by atoms with E-state index in [2.05, 4.69) is 24.3 Å². The second kappa shape index (κ2) is 5.89. The molecule has 2 fully saturated rings. The van der Waals surface area contributed by atoms with E-state index in [0.29, 0.717) is 18.1 Å². The molecular weight excluding hydrogens is 228 g/mol. The Morgan fingerprint density at radius 2 is 1.67 bits per heavy atom. The number of piperidine rings is 2. The summed E-state index contributed by atoms with van der Waals surface area (Å²) in [5.41, 5.74) is 8.97. The van der Waals surface area contributed by atoms with E-state index in [-0.39, 0.29) is 6.03 Å². The SMILES string of the molecule is CC1CCCC(C)N1NC1CCN(C(N)=O)CC1. The zero-order chi connectivity index (χ0) is 13.1. The molecule has 0 aromatic rings. The lowest BCUT2D eigenvalue weighted by Crippen LogP contribution is -2.58. The Hall–Kier alpha value is -0.810. The van der Waals surface area contributed by atoms with Gasteiger partial charge < -0.3 is 10.6 Å². The molecule has 5 nitrogen and oxygen atoms in total. The van der Waals surface area contributed by atoms with Gasteiger partial charge in [-0.2, -0.15) is 0 Å². The number of carbonyl (C=O) groups is 1. The van der Waals surface area contributed by atoms with Crippen LogP contribution in [0.25, 0.3) is 0 Å². The maximum Gasteiger partial charge on any atom is 0.314 e. The second-order valence-electron chi connectivity index (χ2n) is 5.76. The van der Waals surface area contributed by atoms with Gasteiger partial charge in [0, 0.05) is 31.2 Å². The lowest BCUT2D eigenvalue weighted by Gasteiger charge is -2.43. The lowest BCUT2D eigenvalue weighted by molar-refractivity contribution is 0.0190. The fraction of sp³-hybridized carbons (Fsp3) is 0.923. The van der Waals surface area contributed by atoms with Crippen LogP contribution >= 0.6 is 0 Å². The van der Waals surface area contributed by atoms with E-state index in [1.54, 1.807) is 4.90 Å². The standard InChI is InChI=1S/C13H26N4O/c1-10-4-3-5-11(2)17(10)15-12-6-8-16(9-7-12)13(14)18/h10-12,15H,3-9H2,1-2H3,(H2,14,18). The van der Waals surface area contributed by atoms with Crippen molar-refractivity contribution in [1.82, 2.24) is 15.3 Å². The molecule has 0 spiro atoms. The van der Waals surface area contributed by atoms with Crippen molar-refractivity contribution in [1.29, 1.82) is 0 Å². The van der Waals surface area contributed by atoms with Crippen LogP contribution in [0.4, 0.5) is 4.79 Å². The molecule has 3 N–H and O–H groups in total. The van der Waals surface area contributed by atoms with Crippen molar-refractivity contribution in [2.75, 3.05) is 13.1 Å². The van der Waals surface area contributed by atoms with E-state index in [4.69, 9.17) is 5.73 Å². The fourth-order valence-electron chi connectivity index (χ4n) is 3.12. The number of hydrazine groups is 1. The van der Waals surface area contributed by atoms with E-state index in [1.165, 1.54) is 19.3 Å². The molecular formula is C13H26N4O. The maximum absolute atomic E-state index is 11.1. The van der Waals surface area contributed by atoms with Crippen LogP contribution in [0.1, 0.15) is 46.0 Å². The average Bonchev–Trinajstić information content (AvgIpc) is 2.34. The predicted molar refractivity (Wildman–Crippen MR) is 71.9 cm³/mol.